The molecule has 0 aromatic heterocycles. The average molecular weight is 199 g/mol. The standard InChI is InChI=1S/C10H11ClO2/c1-13-10-6-2-5-9(11)8(10)4-3-7-12/h2-6,12H,7H2,1H3/b4-3+. The van der Waals surface area contributed by atoms with Gasteiger partial charge in [-0.15, -0.1) is 0 Å². The van der Waals surface area contributed by atoms with Crippen LogP contribution in [0.15, 0.2) is 24.3 Å². The summed E-state index contributed by atoms with van der Waals surface area (Å²) in [4.78, 5) is 0. The minimum atomic E-state index is -0.00558. The van der Waals surface area contributed by atoms with E-state index in [0.717, 1.165) is 5.56 Å². The molecule has 70 valence electrons. The van der Waals surface area contributed by atoms with Crippen LogP contribution >= 0.6 is 11.6 Å². The zero-order valence-corrected chi connectivity index (χ0v) is 8.08. The maximum absolute atomic E-state index is 8.61. The van der Waals surface area contributed by atoms with Crippen LogP contribution in [0.5, 0.6) is 5.75 Å². The second-order valence-corrected chi connectivity index (χ2v) is 2.85. The Bertz CT molecular complexity index is 308. The first-order valence-corrected chi connectivity index (χ1v) is 4.27. The molecule has 0 aliphatic heterocycles. The van der Waals surface area contributed by atoms with E-state index < -0.39 is 0 Å². The molecule has 1 aromatic rings. The third-order valence-electron chi connectivity index (χ3n) is 1.62. The molecule has 0 spiro atoms. The van der Waals surface area contributed by atoms with Crippen LogP contribution in [0.2, 0.25) is 5.02 Å². The van der Waals surface area contributed by atoms with E-state index in [0.29, 0.717) is 10.8 Å². The van der Waals surface area contributed by atoms with Gasteiger partial charge in [0.05, 0.1) is 18.7 Å². The second-order valence-electron chi connectivity index (χ2n) is 2.44. The van der Waals surface area contributed by atoms with Crippen LogP contribution < -0.4 is 4.74 Å². The van der Waals surface area contributed by atoms with Gasteiger partial charge in [-0.1, -0.05) is 29.8 Å². The molecule has 0 saturated carbocycles. The van der Waals surface area contributed by atoms with Crippen molar-refractivity contribution in [1.82, 2.24) is 0 Å². The number of aliphatic hydroxyl groups excluding tert-OH is 1. The SMILES string of the molecule is COc1cccc(Cl)c1/C=C/CO. The van der Waals surface area contributed by atoms with Gasteiger partial charge in [0.25, 0.3) is 0 Å². The maximum atomic E-state index is 8.61. The number of rotatable bonds is 3. The molecule has 0 heterocycles. The Morgan fingerprint density at radius 1 is 1.54 bits per heavy atom. The van der Waals surface area contributed by atoms with Crippen molar-refractivity contribution in [3.05, 3.63) is 34.9 Å². The van der Waals surface area contributed by atoms with Crippen molar-refractivity contribution in [1.29, 1.82) is 0 Å². The molecule has 0 fully saturated rings. The third-order valence-corrected chi connectivity index (χ3v) is 1.95. The normalized spacial score (nSPS) is 10.7. The predicted octanol–water partition coefficient (Wildman–Crippen LogP) is 2.35. The van der Waals surface area contributed by atoms with Crippen molar-refractivity contribution < 1.29 is 9.84 Å². The molecule has 0 unspecified atom stereocenters. The van der Waals surface area contributed by atoms with Crippen molar-refractivity contribution in [3.63, 3.8) is 0 Å². The molecular formula is C10H11ClO2. The van der Waals surface area contributed by atoms with Gasteiger partial charge < -0.3 is 9.84 Å². The van der Waals surface area contributed by atoms with Gasteiger partial charge in [0.15, 0.2) is 0 Å². The van der Waals surface area contributed by atoms with Gasteiger partial charge >= 0.3 is 0 Å². The number of halogens is 1. The molecule has 0 radical (unpaired) electrons. The van der Waals surface area contributed by atoms with Crippen LogP contribution in [0.4, 0.5) is 0 Å². The van der Waals surface area contributed by atoms with E-state index in [-0.39, 0.29) is 6.61 Å². The van der Waals surface area contributed by atoms with E-state index in [4.69, 9.17) is 21.4 Å². The Labute approximate surface area is 82.4 Å². The summed E-state index contributed by atoms with van der Waals surface area (Å²) in [6.45, 7) is -0.00558. The molecule has 1 N–H and O–H groups in total. The summed E-state index contributed by atoms with van der Waals surface area (Å²) in [5.41, 5.74) is 0.792. The molecule has 0 atom stereocenters. The van der Waals surface area contributed by atoms with E-state index in [1.807, 2.05) is 12.1 Å². The lowest BCUT2D eigenvalue weighted by Gasteiger charge is -2.05. The number of hydrogen-bond donors (Lipinski definition) is 1. The van der Waals surface area contributed by atoms with Crippen LogP contribution in [-0.2, 0) is 0 Å². The van der Waals surface area contributed by atoms with E-state index in [2.05, 4.69) is 0 Å². The predicted molar refractivity (Wildman–Crippen MR) is 54.1 cm³/mol. The third kappa shape index (κ3) is 2.47. The zero-order chi connectivity index (χ0) is 9.68. The molecular weight excluding hydrogens is 188 g/mol. The molecule has 1 aromatic carbocycles. The summed E-state index contributed by atoms with van der Waals surface area (Å²) in [7, 11) is 1.59. The summed E-state index contributed by atoms with van der Waals surface area (Å²) in [6, 6.07) is 5.42. The largest absolute Gasteiger partial charge is 0.496 e. The summed E-state index contributed by atoms with van der Waals surface area (Å²) >= 11 is 5.93. The van der Waals surface area contributed by atoms with Gasteiger partial charge in [-0.25, -0.2) is 0 Å². The minimum absolute atomic E-state index is 0.00558. The fourth-order valence-electron chi connectivity index (χ4n) is 1.03. The first-order valence-electron chi connectivity index (χ1n) is 3.89. The molecule has 0 amide bonds. The number of methoxy groups -OCH3 is 1. The smallest absolute Gasteiger partial charge is 0.127 e. The van der Waals surface area contributed by atoms with Crippen molar-refractivity contribution in [2.24, 2.45) is 0 Å². The number of aliphatic hydroxyl groups is 1. The lowest BCUT2D eigenvalue weighted by Crippen LogP contribution is -1.87. The molecule has 2 nitrogen and oxygen atoms in total. The maximum Gasteiger partial charge on any atom is 0.127 e. The Morgan fingerprint density at radius 3 is 2.92 bits per heavy atom. The summed E-state index contributed by atoms with van der Waals surface area (Å²) < 4.78 is 5.11. The number of hydrogen-bond acceptors (Lipinski definition) is 2. The molecule has 1 rings (SSSR count). The van der Waals surface area contributed by atoms with Gasteiger partial charge in [0.1, 0.15) is 5.75 Å². The van der Waals surface area contributed by atoms with E-state index in [1.165, 1.54) is 0 Å². The van der Waals surface area contributed by atoms with Gasteiger partial charge in [-0.3, -0.25) is 0 Å². The first-order chi connectivity index (χ1) is 6.29. The molecule has 0 saturated heterocycles. The summed E-state index contributed by atoms with van der Waals surface area (Å²) in [6.07, 6.45) is 3.35. The monoisotopic (exact) mass is 198 g/mol. The molecule has 0 aliphatic carbocycles. The van der Waals surface area contributed by atoms with Gasteiger partial charge in [0, 0.05) is 5.56 Å². The molecule has 13 heavy (non-hydrogen) atoms. The van der Waals surface area contributed by atoms with Crippen LogP contribution in [0.1, 0.15) is 5.56 Å². The topological polar surface area (TPSA) is 29.5 Å². The Kier molecular flexibility index (Phi) is 3.80. The lowest BCUT2D eigenvalue weighted by atomic mass is 10.2. The Morgan fingerprint density at radius 2 is 2.31 bits per heavy atom. The van der Waals surface area contributed by atoms with Crippen LogP contribution in [-0.4, -0.2) is 18.8 Å². The Balaban J connectivity index is 3.07. The van der Waals surface area contributed by atoms with Crippen LogP contribution in [0.25, 0.3) is 6.08 Å². The van der Waals surface area contributed by atoms with E-state index >= 15 is 0 Å². The van der Waals surface area contributed by atoms with Gasteiger partial charge in [-0.2, -0.15) is 0 Å². The lowest BCUT2D eigenvalue weighted by molar-refractivity contribution is 0.343. The van der Waals surface area contributed by atoms with Crippen LogP contribution in [0, 0.1) is 0 Å². The number of ether oxygens (including phenoxy) is 1. The van der Waals surface area contributed by atoms with Crippen molar-refractivity contribution in [3.8, 4) is 5.75 Å². The highest BCUT2D eigenvalue weighted by atomic mass is 35.5. The molecule has 3 heteroatoms. The van der Waals surface area contributed by atoms with Crippen molar-refractivity contribution >= 4 is 17.7 Å². The summed E-state index contributed by atoms with van der Waals surface area (Å²) in [5.74, 6) is 0.706. The van der Waals surface area contributed by atoms with E-state index in [1.54, 1.807) is 25.3 Å². The minimum Gasteiger partial charge on any atom is -0.496 e. The van der Waals surface area contributed by atoms with E-state index in [9.17, 15) is 0 Å². The van der Waals surface area contributed by atoms with Crippen LogP contribution in [0.3, 0.4) is 0 Å². The van der Waals surface area contributed by atoms with Gasteiger partial charge in [0.2, 0.25) is 0 Å². The first kappa shape index (κ1) is 10.1. The average Bonchev–Trinajstić information content (AvgIpc) is 2.15. The van der Waals surface area contributed by atoms with Gasteiger partial charge in [-0.05, 0) is 12.1 Å². The highest BCUT2D eigenvalue weighted by molar-refractivity contribution is 6.32. The highest BCUT2D eigenvalue weighted by Gasteiger charge is 2.02. The van der Waals surface area contributed by atoms with Crippen molar-refractivity contribution in [2.45, 2.75) is 0 Å². The number of benzene rings is 1. The summed E-state index contributed by atoms with van der Waals surface area (Å²) in [5, 5.41) is 9.23. The fraction of sp³-hybridized carbons (Fsp3) is 0.200. The zero-order valence-electron chi connectivity index (χ0n) is 7.33. The fourth-order valence-corrected chi connectivity index (χ4v) is 1.26. The quantitative estimate of drug-likeness (QED) is 0.808. The molecule has 0 bridgehead atoms. The van der Waals surface area contributed by atoms with Crippen molar-refractivity contribution in [2.75, 3.05) is 13.7 Å². The second kappa shape index (κ2) is 4.90. The highest BCUT2D eigenvalue weighted by Crippen LogP contribution is 2.27. The Hall–Kier alpha value is -0.990. The molecule has 0 aliphatic rings.